The molecule has 2 rings (SSSR count). The number of carbonyl (C=O) groups excluding carboxylic acids is 1. The van der Waals surface area contributed by atoms with Gasteiger partial charge in [0.15, 0.2) is 5.75 Å². The Morgan fingerprint density at radius 2 is 2.29 bits per heavy atom. The molecule has 0 bridgehead atoms. The maximum absolute atomic E-state index is 11.3. The van der Waals surface area contributed by atoms with Crippen molar-refractivity contribution in [1.82, 2.24) is 0 Å². The topological polar surface area (TPSA) is 38.3 Å². The van der Waals surface area contributed by atoms with Crippen LogP contribution in [0.3, 0.4) is 0 Å². The SMILES string of the molecule is O=C1CCCOc2c(Br)cccc2N1. The van der Waals surface area contributed by atoms with Crippen LogP contribution in [0.15, 0.2) is 22.7 Å². The van der Waals surface area contributed by atoms with E-state index in [1.54, 1.807) is 0 Å². The monoisotopic (exact) mass is 255 g/mol. The van der Waals surface area contributed by atoms with Crippen LogP contribution < -0.4 is 10.1 Å². The van der Waals surface area contributed by atoms with E-state index in [9.17, 15) is 4.79 Å². The zero-order chi connectivity index (χ0) is 9.97. The average molecular weight is 256 g/mol. The molecule has 4 heteroatoms. The largest absolute Gasteiger partial charge is 0.490 e. The van der Waals surface area contributed by atoms with Gasteiger partial charge in [-0.3, -0.25) is 4.79 Å². The molecule has 1 amide bonds. The first-order valence-electron chi connectivity index (χ1n) is 4.48. The fourth-order valence-corrected chi connectivity index (χ4v) is 1.85. The van der Waals surface area contributed by atoms with Gasteiger partial charge in [-0.05, 0) is 34.5 Å². The number of carbonyl (C=O) groups is 1. The highest BCUT2D eigenvalue weighted by molar-refractivity contribution is 9.10. The molecule has 0 atom stereocenters. The van der Waals surface area contributed by atoms with E-state index in [0.717, 1.165) is 22.3 Å². The van der Waals surface area contributed by atoms with Crippen molar-refractivity contribution < 1.29 is 9.53 Å². The Morgan fingerprint density at radius 1 is 1.43 bits per heavy atom. The van der Waals surface area contributed by atoms with Gasteiger partial charge < -0.3 is 10.1 Å². The third-order valence-corrected chi connectivity index (χ3v) is 2.66. The number of fused-ring (bicyclic) bond motifs is 1. The van der Waals surface area contributed by atoms with Crippen LogP contribution in [0.2, 0.25) is 0 Å². The highest BCUT2D eigenvalue weighted by Gasteiger charge is 2.13. The minimum atomic E-state index is 0.0488. The summed E-state index contributed by atoms with van der Waals surface area (Å²) in [7, 11) is 0. The van der Waals surface area contributed by atoms with Gasteiger partial charge in [0, 0.05) is 6.42 Å². The van der Waals surface area contributed by atoms with Crippen LogP contribution in [0.25, 0.3) is 0 Å². The molecule has 14 heavy (non-hydrogen) atoms. The van der Waals surface area contributed by atoms with Crippen molar-refractivity contribution in [2.45, 2.75) is 12.8 Å². The van der Waals surface area contributed by atoms with Gasteiger partial charge in [-0.15, -0.1) is 0 Å². The number of benzene rings is 1. The van der Waals surface area contributed by atoms with Crippen LogP contribution in [0, 0.1) is 0 Å². The number of amides is 1. The molecule has 3 nitrogen and oxygen atoms in total. The Kier molecular flexibility index (Phi) is 2.72. The van der Waals surface area contributed by atoms with Gasteiger partial charge in [0.05, 0.1) is 16.8 Å². The number of hydrogen-bond donors (Lipinski definition) is 1. The number of halogens is 1. The molecule has 0 fully saturated rings. The number of anilines is 1. The van der Waals surface area contributed by atoms with Gasteiger partial charge >= 0.3 is 0 Å². The normalized spacial score (nSPS) is 15.9. The van der Waals surface area contributed by atoms with Gasteiger partial charge in [-0.25, -0.2) is 0 Å². The second kappa shape index (κ2) is 4.00. The molecular weight excluding hydrogens is 246 g/mol. The molecule has 0 unspecified atom stereocenters. The molecule has 1 aromatic rings. The number of para-hydroxylation sites is 1. The van der Waals surface area contributed by atoms with E-state index in [-0.39, 0.29) is 5.91 Å². The predicted octanol–water partition coefficient (Wildman–Crippen LogP) is 2.56. The standard InChI is InChI=1S/C10H10BrNO2/c11-7-3-1-4-8-10(7)14-6-2-5-9(13)12-8/h1,3-4H,2,5-6H2,(H,12,13). The summed E-state index contributed by atoms with van der Waals surface area (Å²) in [5.74, 6) is 0.771. The van der Waals surface area contributed by atoms with E-state index < -0.39 is 0 Å². The van der Waals surface area contributed by atoms with E-state index in [0.29, 0.717) is 13.0 Å². The number of ether oxygens (including phenoxy) is 1. The highest BCUT2D eigenvalue weighted by Crippen LogP contribution is 2.34. The summed E-state index contributed by atoms with van der Waals surface area (Å²) in [6.45, 7) is 0.586. The zero-order valence-electron chi connectivity index (χ0n) is 7.55. The Bertz CT molecular complexity index is 365. The van der Waals surface area contributed by atoms with E-state index in [4.69, 9.17) is 4.74 Å². The lowest BCUT2D eigenvalue weighted by Gasteiger charge is -2.16. The molecule has 1 aliphatic rings. The average Bonchev–Trinajstić information content (AvgIpc) is 2.12. The van der Waals surface area contributed by atoms with E-state index in [2.05, 4.69) is 21.2 Å². The van der Waals surface area contributed by atoms with Crippen LogP contribution in [-0.4, -0.2) is 12.5 Å². The van der Waals surface area contributed by atoms with Crippen LogP contribution in [0.4, 0.5) is 5.69 Å². The lowest BCUT2D eigenvalue weighted by Crippen LogP contribution is -2.17. The molecule has 1 heterocycles. The Morgan fingerprint density at radius 3 is 3.14 bits per heavy atom. The maximum Gasteiger partial charge on any atom is 0.224 e. The molecule has 0 spiro atoms. The number of rotatable bonds is 0. The van der Waals surface area contributed by atoms with Gasteiger partial charge in [0.25, 0.3) is 0 Å². The highest BCUT2D eigenvalue weighted by atomic mass is 79.9. The summed E-state index contributed by atoms with van der Waals surface area (Å²) in [6.07, 6.45) is 1.28. The quantitative estimate of drug-likeness (QED) is 0.774. The smallest absolute Gasteiger partial charge is 0.224 e. The first-order chi connectivity index (χ1) is 6.77. The molecule has 74 valence electrons. The lowest BCUT2D eigenvalue weighted by atomic mass is 10.2. The molecule has 0 saturated heterocycles. The van der Waals surface area contributed by atoms with Gasteiger partial charge in [0.1, 0.15) is 0 Å². The minimum absolute atomic E-state index is 0.0488. The second-order valence-corrected chi connectivity index (χ2v) is 3.97. The summed E-state index contributed by atoms with van der Waals surface area (Å²) < 4.78 is 6.42. The van der Waals surface area contributed by atoms with Crippen molar-refractivity contribution in [3.05, 3.63) is 22.7 Å². The van der Waals surface area contributed by atoms with Gasteiger partial charge in [0.2, 0.25) is 5.91 Å². The van der Waals surface area contributed by atoms with Crippen LogP contribution in [-0.2, 0) is 4.79 Å². The number of nitrogens with one attached hydrogen (secondary N) is 1. The van der Waals surface area contributed by atoms with Crippen molar-refractivity contribution in [3.8, 4) is 5.75 Å². The molecule has 0 aromatic heterocycles. The first-order valence-corrected chi connectivity index (χ1v) is 5.28. The summed E-state index contributed by atoms with van der Waals surface area (Å²) in [6, 6.07) is 5.60. The summed E-state index contributed by atoms with van der Waals surface area (Å²) in [5.41, 5.74) is 0.740. The minimum Gasteiger partial charge on any atom is -0.490 e. The Labute approximate surface area is 90.6 Å². The molecule has 0 aliphatic carbocycles. The van der Waals surface area contributed by atoms with Crippen molar-refractivity contribution in [1.29, 1.82) is 0 Å². The molecule has 1 aliphatic heterocycles. The van der Waals surface area contributed by atoms with E-state index in [1.807, 2.05) is 18.2 Å². The van der Waals surface area contributed by atoms with Crippen molar-refractivity contribution in [2.24, 2.45) is 0 Å². The molecular formula is C10H10BrNO2. The lowest BCUT2D eigenvalue weighted by molar-refractivity contribution is -0.116. The molecule has 1 N–H and O–H groups in total. The van der Waals surface area contributed by atoms with Crippen LogP contribution >= 0.6 is 15.9 Å². The fourth-order valence-electron chi connectivity index (χ4n) is 1.37. The van der Waals surface area contributed by atoms with E-state index in [1.165, 1.54) is 0 Å². The summed E-state index contributed by atoms with van der Waals surface area (Å²) in [4.78, 5) is 11.3. The number of hydrogen-bond acceptors (Lipinski definition) is 2. The summed E-state index contributed by atoms with van der Waals surface area (Å²) in [5, 5.41) is 2.81. The zero-order valence-corrected chi connectivity index (χ0v) is 9.13. The van der Waals surface area contributed by atoms with Gasteiger partial charge in [-0.1, -0.05) is 6.07 Å². The third-order valence-electron chi connectivity index (χ3n) is 2.04. The van der Waals surface area contributed by atoms with E-state index >= 15 is 0 Å². The predicted molar refractivity (Wildman–Crippen MR) is 57.5 cm³/mol. The summed E-state index contributed by atoms with van der Waals surface area (Å²) >= 11 is 3.39. The van der Waals surface area contributed by atoms with Gasteiger partial charge in [-0.2, -0.15) is 0 Å². The maximum atomic E-state index is 11.3. The Hall–Kier alpha value is -1.03. The second-order valence-electron chi connectivity index (χ2n) is 3.12. The van der Waals surface area contributed by atoms with Crippen molar-refractivity contribution in [2.75, 3.05) is 11.9 Å². The third kappa shape index (κ3) is 1.90. The Balaban J connectivity index is 2.38. The fraction of sp³-hybridized carbons (Fsp3) is 0.300. The van der Waals surface area contributed by atoms with Crippen molar-refractivity contribution >= 4 is 27.5 Å². The van der Waals surface area contributed by atoms with Crippen LogP contribution in [0.5, 0.6) is 5.75 Å². The van der Waals surface area contributed by atoms with Crippen LogP contribution in [0.1, 0.15) is 12.8 Å². The molecule has 1 aromatic carbocycles. The molecule has 0 saturated carbocycles. The first kappa shape index (κ1) is 9.52. The van der Waals surface area contributed by atoms with Crippen molar-refractivity contribution in [3.63, 3.8) is 0 Å². The molecule has 0 radical (unpaired) electrons.